The Morgan fingerprint density at radius 1 is 1.11 bits per heavy atom. The van der Waals surface area contributed by atoms with E-state index in [9.17, 15) is 4.39 Å². The van der Waals surface area contributed by atoms with Gasteiger partial charge in [-0.1, -0.05) is 18.2 Å². The molecule has 1 aromatic carbocycles. The third kappa shape index (κ3) is 2.72. The molecule has 4 nitrogen and oxygen atoms in total. The molecule has 0 spiro atoms. The topological polar surface area (TPSA) is 97.4 Å². The predicted molar refractivity (Wildman–Crippen MR) is 62.4 cm³/mol. The molecule has 18 heavy (non-hydrogen) atoms. The standard InChI is InChI=1S/C13H7FN4/c14-12-4-2-1-3-9(12)5-10(6-15)13(18)11(7-16)8-17/h1-5H,18H2/b10-5+. The van der Waals surface area contributed by atoms with Gasteiger partial charge in [-0.2, -0.15) is 15.8 Å². The maximum atomic E-state index is 13.4. The van der Waals surface area contributed by atoms with Crippen molar-refractivity contribution in [2.24, 2.45) is 5.73 Å². The number of nitrogens with two attached hydrogens (primary N) is 1. The Labute approximate surface area is 103 Å². The van der Waals surface area contributed by atoms with Crippen molar-refractivity contribution >= 4 is 6.08 Å². The van der Waals surface area contributed by atoms with Crippen molar-refractivity contribution in [1.29, 1.82) is 15.8 Å². The van der Waals surface area contributed by atoms with Crippen LogP contribution in [0.5, 0.6) is 0 Å². The number of allylic oxidation sites excluding steroid dienone is 2. The number of halogens is 1. The van der Waals surface area contributed by atoms with Crippen LogP contribution in [0.1, 0.15) is 5.56 Å². The van der Waals surface area contributed by atoms with Gasteiger partial charge in [0.15, 0.2) is 5.57 Å². The second-order valence-electron chi connectivity index (χ2n) is 3.20. The summed E-state index contributed by atoms with van der Waals surface area (Å²) in [6.07, 6.45) is 1.19. The van der Waals surface area contributed by atoms with Gasteiger partial charge in [0, 0.05) is 5.56 Å². The van der Waals surface area contributed by atoms with E-state index in [1.165, 1.54) is 24.3 Å². The second kappa shape index (κ2) is 5.84. The molecule has 0 aliphatic heterocycles. The van der Waals surface area contributed by atoms with Gasteiger partial charge in [-0.25, -0.2) is 4.39 Å². The zero-order valence-electron chi connectivity index (χ0n) is 9.18. The molecule has 1 rings (SSSR count). The van der Waals surface area contributed by atoms with E-state index in [4.69, 9.17) is 21.5 Å². The Hall–Kier alpha value is -3.10. The summed E-state index contributed by atoms with van der Waals surface area (Å²) in [4.78, 5) is 0. The highest BCUT2D eigenvalue weighted by atomic mass is 19.1. The molecular formula is C13H7FN4. The van der Waals surface area contributed by atoms with Crippen LogP contribution in [0.4, 0.5) is 4.39 Å². The molecule has 1 aromatic rings. The zero-order chi connectivity index (χ0) is 13.5. The van der Waals surface area contributed by atoms with Gasteiger partial charge in [-0.05, 0) is 12.1 Å². The van der Waals surface area contributed by atoms with Crippen LogP contribution in [0.25, 0.3) is 6.08 Å². The minimum Gasteiger partial charge on any atom is -0.396 e. The lowest BCUT2D eigenvalue weighted by Crippen LogP contribution is -2.03. The SMILES string of the molecule is N#CC(C#N)=C(N)/C(C#N)=C/c1ccccc1F. The largest absolute Gasteiger partial charge is 0.396 e. The molecule has 0 saturated carbocycles. The minimum absolute atomic E-state index is 0.127. The molecule has 0 unspecified atom stereocenters. The number of benzene rings is 1. The molecule has 0 fully saturated rings. The van der Waals surface area contributed by atoms with Gasteiger partial charge < -0.3 is 5.73 Å². The Balaban J connectivity index is 3.36. The van der Waals surface area contributed by atoms with E-state index in [1.807, 2.05) is 0 Å². The summed E-state index contributed by atoms with van der Waals surface area (Å²) in [7, 11) is 0. The smallest absolute Gasteiger partial charge is 0.153 e. The first-order chi connectivity index (χ1) is 8.63. The van der Waals surface area contributed by atoms with Gasteiger partial charge in [0.25, 0.3) is 0 Å². The highest BCUT2D eigenvalue weighted by Crippen LogP contribution is 2.15. The molecule has 0 amide bonds. The predicted octanol–water partition coefficient (Wildman–Crippen LogP) is 1.99. The van der Waals surface area contributed by atoms with Crippen LogP contribution in [0.3, 0.4) is 0 Å². The summed E-state index contributed by atoms with van der Waals surface area (Å²) in [5.74, 6) is -0.520. The average molecular weight is 238 g/mol. The lowest BCUT2D eigenvalue weighted by molar-refractivity contribution is 0.625. The zero-order valence-corrected chi connectivity index (χ0v) is 9.18. The number of hydrogen-bond acceptors (Lipinski definition) is 4. The van der Waals surface area contributed by atoms with E-state index in [0.717, 1.165) is 0 Å². The number of nitriles is 3. The van der Waals surface area contributed by atoms with Crippen LogP contribution >= 0.6 is 0 Å². The second-order valence-corrected chi connectivity index (χ2v) is 3.20. The fraction of sp³-hybridized carbons (Fsp3) is 0. The maximum absolute atomic E-state index is 13.4. The molecule has 5 heteroatoms. The first kappa shape index (κ1) is 13.0. The molecule has 0 radical (unpaired) electrons. The summed E-state index contributed by atoms with van der Waals surface area (Å²) in [6, 6.07) is 10.7. The third-order valence-electron chi connectivity index (χ3n) is 2.11. The Morgan fingerprint density at radius 3 is 2.22 bits per heavy atom. The van der Waals surface area contributed by atoms with Gasteiger partial charge >= 0.3 is 0 Å². The van der Waals surface area contributed by atoms with Crippen molar-refractivity contribution in [2.45, 2.75) is 0 Å². The molecule has 0 aromatic heterocycles. The van der Waals surface area contributed by atoms with Gasteiger partial charge in [0.2, 0.25) is 0 Å². The lowest BCUT2D eigenvalue weighted by Gasteiger charge is -2.00. The van der Waals surface area contributed by atoms with Gasteiger partial charge in [-0.3, -0.25) is 0 Å². The van der Waals surface area contributed by atoms with E-state index in [2.05, 4.69) is 0 Å². The molecule has 0 aliphatic carbocycles. The molecule has 0 saturated heterocycles. The summed E-state index contributed by atoms with van der Waals surface area (Å²) < 4.78 is 13.4. The van der Waals surface area contributed by atoms with Gasteiger partial charge in [0.1, 0.15) is 24.0 Å². The number of nitrogens with zero attached hydrogens (tertiary/aromatic N) is 3. The molecular weight excluding hydrogens is 231 g/mol. The van der Waals surface area contributed by atoms with Crippen LogP contribution in [-0.2, 0) is 0 Å². The van der Waals surface area contributed by atoms with Crippen molar-refractivity contribution in [2.75, 3.05) is 0 Å². The van der Waals surface area contributed by atoms with Gasteiger partial charge in [-0.15, -0.1) is 0 Å². The Kier molecular flexibility index (Phi) is 4.21. The van der Waals surface area contributed by atoms with E-state index in [1.54, 1.807) is 24.3 Å². The Bertz CT molecular complexity index is 635. The van der Waals surface area contributed by atoms with Gasteiger partial charge in [0.05, 0.1) is 11.3 Å². The lowest BCUT2D eigenvalue weighted by atomic mass is 10.1. The quantitative estimate of drug-likeness (QED) is 0.629. The fourth-order valence-corrected chi connectivity index (χ4v) is 1.20. The van der Waals surface area contributed by atoms with E-state index in [-0.39, 0.29) is 22.4 Å². The van der Waals surface area contributed by atoms with Crippen molar-refractivity contribution in [1.82, 2.24) is 0 Å². The first-order valence-electron chi connectivity index (χ1n) is 4.80. The van der Waals surface area contributed by atoms with Crippen molar-refractivity contribution in [3.8, 4) is 18.2 Å². The van der Waals surface area contributed by atoms with E-state index >= 15 is 0 Å². The Morgan fingerprint density at radius 2 is 1.72 bits per heavy atom. The van der Waals surface area contributed by atoms with E-state index in [0.29, 0.717) is 0 Å². The van der Waals surface area contributed by atoms with Crippen molar-refractivity contribution in [3.63, 3.8) is 0 Å². The summed E-state index contributed by atoms with van der Waals surface area (Å²) >= 11 is 0. The van der Waals surface area contributed by atoms with Crippen LogP contribution in [0.15, 0.2) is 41.1 Å². The summed E-state index contributed by atoms with van der Waals surface area (Å²) in [5, 5.41) is 26.2. The fourth-order valence-electron chi connectivity index (χ4n) is 1.20. The highest BCUT2D eigenvalue weighted by Gasteiger charge is 2.09. The van der Waals surface area contributed by atoms with Crippen LogP contribution in [0.2, 0.25) is 0 Å². The maximum Gasteiger partial charge on any atom is 0.153 e. The molecule has 0 aliphatic rings. The number of rotatable bonds is 2. The normalized spacial score (nSPS) is 9.78. The van der Waals surface area contributed by atoms with Crippen molar-refractivity contribution in [3.05, 3.63) is 52.5 Å². The molecule has 2 N–H and O–H groups in total. The minimum atomic E-state index is -0.520. The number of hydrogen-bond donors (Lipinski definition) is 1. The third-order valence-corrected chi connectivity index (χ3v) is 2.11. The highest BCUT2D eigenvalue weighted by molar-refractivity contribution is 5.66. The summed E-state index contributed by atoms with van der Waals surface area (Å²) in [6.45, 7) is 0. The molecule has 0 bridgehead atoms. The molecule has 86 valence electrons. The van der Waals surface area contributed by atoms with Crippen LogP contribution in [0, 0.1) is 39.8 Å². The van der Waals surface area contributed by atoms with Crippen LogP contribution in [-0.4, -0.2) is 0 Å². The molecule has 0 heterocycles. The van der Waals surface area contributed by atoms with E-state index < -0.39 is 5.82 Å². The van der Waals surface area contributed by atoms with Crippen molar-refractivity contribution < 1.29 is 4.39 Å². The average Bonchev–Trinajstić information content (AvgIpc) is 2.39. The summed E-state index contributed by atoms with van der Waals surface area (Å²) in [5.41, 5.74) is 4.91. The first-order valence-corrected chi connectivity index (χ1v) is 4.80. The monoisotopic (exact) mass is 238 g/mol. The molecule has 0 atom stereocenters. The van der Waals surface area contributed by atoms with Crippen LogP contribution < -0.4 is 5.73 Å².